The fraction of sp³-hybridized carbons (Fsp3) is 0.171. The van der Waals surface area contributed by atoms with Crippen molar-refractivity contribution < 1.29 is 23.6 Å². The molecule has 5 aromatic rings. The Balaban J connectivity index is 1.42. The molecule has 13 heteroatoms. The van der Waals surface area contributed by atoms with E-state index in [9.17, 15) is 19.7 Å². The number of aryl methyl sites for hydroxylation is 1. The van der Waals surface area contributed by atoms with Gasteiger partial charge in [-0.3, -0.25) is 19.5 Å². The fourth-order valence-corrected chi connectivity index (χ4v) is 8.55. The van der Waals surface area contributed by atoms with Crippen LogP contribution in [0.2, 0.25) is 0 Å². The van der Waals surface area contributed by atoms with Gasteiger partial charge in [0.2, 0.25) is 0 Å². The number of nitrogens with zero attached hydrogens (tertiary/aromatic N) is 3. The van der Waals surface area contributed by atoms with Crippen molar-refractivity contribution in [3.63, 3.8) is 0 Å². The SMILES string of the molecule is CCOC(=O)C1=C(C)N=c2s/c(=C\c3cc(I)c(OCc4ccccc4)c(I)c3)c(=O)n2[C@@H]1c1ccc(-c2cc([N+](=O)[O-])ccc2C)o1. The Kier molecular flexibility index (Phi) is 9.98. The van der Waals surface area contributed by atoms with Gasteiger partial charge >= 0.3 is 5.97 Å². The summed E-state index contributed by atoms with van der Waals surface area (Å²) in [6.07, 6.45) is 1.80. The van der Waals surface area contributed by atoms with Crippen LogP contribution in [0.5, 0.6) is 5.75 Å². The van der Waals surface area contributed by atoms with E-state index in [1.807, 2.05) is 49.4 Å². The van der Waals surface area contributed by atoms with Crippen LogP contribution in [0.25, 0.3) is 17.4 Å². The number of thiazole rings is 1. The Hall–Kier alpha value is -4.09. The van der Waals surface area contributed by atoms with Crippen LogP contribution in [0.3, 0.4) is 0 Å². The quantitative estimate of drug-likeness (QED) is 0.0672. The van der Waals surface area contributed by atoms with Crippen molar-refractivity contribution in [2.75, 3.05) is 6.61 Å². The standard InChI is InChI=1S/C35H27I2N3O7S/c1-4-45-34(42)30-20(3)38-35-39(31(30)28-13-12-27(47-28)24-17-23(40(43)44)11-10-19(24)2)33(41)29(48-35)16-22-14-25(36)32(26(37)15-22)46-18-21-8-6-5-7-9-21/h5-17,31H,4,18H2,1-3H3/b29-16-/t31-/m1/s1. The van der Waals surface area contributed by atoms with Crippen molar-refractivity contribution in [1.29, 1.82) is 0 Å². The minimum atomic E-state index is -0.968. The molecule has 0 N–H and O–H groups in total. The highest BCUT2D eigenvalue weighted by molar-refractivity contribution is 14.1. The van der Waals surface area contributed by atoms with E-state index >= 15 is 0 Å². The van der Waals surface area contributed by atoms with E-state index in [1.54, 1.807) is 38.1 Å². The van der Waals surface area contributed by atoms with Crippen LogP contribution >= 0.6 is 56.5 Å². The molecule has 0 saturated carbocycles. The number of allylic oxidation sites excluding steroid dienone is 1. The third-order valence-electron chi connectivity index (χ3n) is 7.66. The molecule has 0 aliphatic carbocycles. The molecule has 48 heavy (non-hydrogen) atoms. The summed E-state index contributed by atoms with van der Waals surface area (Å²) in [6, 6.07) is 20.7. The molecule has 0 fully saturated rings. The summed E-state index contributed by atoms with van der Waals surface area (Å²) in [4.78, 5) is 43.5. The van der Waals surface area contributed by atoms with Gasteiger partial charge in [-0.15, -0.1) is 0 Å². The zero-order chi connectivity index (χ0) is 34.1. The lowest BCUT2D eigenvalue weighted by molar-refractivity contribution is -0.384. The summed E-state index contributed by atoms with van der Waals surface area (Å²) in [5, 5.41) is 11.5. The summed E-state index contributed by atoms with van der Waals surface area (Å²) >= 11 is 5.67. The van der Waals surface area contributed by atoms with Crippen LogP contribution in [0.1, 0.15) is 42.3 Å². The maximum absolute atomic E-state index is 14.1. The number of ether oxygens (including phenoxy) is 2. The minimum absolute atomic E-state index is 0.0791. The molecule has 3 aromatic carbocycles. The number of carbonyl (C=O) groups excluding carboxylic acids is 1. The van der Waals surface area contributed by atoms with Crippen LogP contribution in [0.15, 0.2) is 98.3 Å². The molecule has 0 radical (unpaired) electrons. The van der Waals surface area contributed by atoms with Crippen molar-refractivity contribution in [2.45, 2.75) is 33.4 Å². The lowest BCUT2D eigenvalue weighted by Crippen LogP contribution is -2.39. The number of esters is 1. The molecule has 244 valence electrons. The van der Waals surface area contributed by atoms with Gasteiger partial charge in [0.25, 0.3) is 11.2 Å². The minimum Gasteiger partial charge on any atom is -0.487 e. The number of hydrogen-bond donors (Lipinski definition) is 0. The molecule has 0 saturated heterocycles. The molecule has 10 nitrogen and oxygen atoms in total. The van der Waals surface area contributed by atoms with Crippen molar-refractivity contribution in [3.8, 4) is 17.1 Å². The van der Waals surface area contributed by atoms with Gasteiger partial charge in [0.1, 0.15) is 29.9 Å². The smallest absolute Gasteiger partial charge is 0.338 e. The largest absolute Gasteiger partial charge is 0.487 e. The van der Waals surface area contributed by atoms with Crippen LogP contribution in [-0.2, 0) is 16.1 Å². The number of non-ortho nitro benzene ring substituents is 1. The molecular formula is C35H27I2N3O7S. The van der Waals surface area contributed by atoms with Crippen molar-refractivity contribution in [2.24, 2.45) is 4.99 Å². The van der Waals surface area contributed by atoms with Crippen LogP contribution in [-0.4, -0.2) is 22.1 Å². The lowest BCUT2D eigenvalue weighted by Gasteiger charge is -2.22. The Morgan fingerprint density at radius 2 is 1.81 bits per heavy atom. The van der Waals surface area contributed by atoms with E-state index in [-0.39, 0.29) is 23.4 Å². The van der Waals surface area contributed by atoms with Gasteiger partial charge < -0.3 is 13.9 Å². The maximum atomic E-state index is 14.1. The second-order valence-electron chi connectivity index (χ2n) is 10.8. The third-order valence-corrected chi connectivity index (χ3v) is 10.2. The first-order chi connectivity index (χ1) is 23.0. The third kappa shape index (κ3) is 6.75. The zero-order valence-corrected chi connectivity index (χ0v) is 31.0. The Morgan fingerprint density at radius 3 is 2.50 bits per heavy atom. The first-order valence-electron chi connectivity index (χ1n) is 14.8. The van der Waals surface area contributed by atoms with E-state index in [4.69, 9.17) is 13.9 Å². The van der Waals surface area contributed by atoms with Crippen LogP contribution in [0, 0.1) is 24.2 Å². The fourth-order valence-electron chi connectivity index (χ4n) is 5.38. The highest BCUT2D eigenvalue weighted by Crippen LogP contribution is 2.36. The highest BCUT2D eigenvalue weighted by atomic mass is 127. The van der Waals surface area contributed by atoms with Gasteiger partial charge in [-0.05, 0) is 113 Å². The molecule has 1 aliphatic rings. The lowest BCUT2D eigenvalue weighted by atomic mass is 10.0. The van der Waals surface area contributed by atoms with Gasteiger partial charge in [0.05, 0.1) is 34.5 Å². The van der Waals surface area contributed by atoms with Gasteiger partial charge in [-0.1, -0.05) is 47.7 Å². The predicted octanol–water partition coefficient (Wildman–Crippen LogP) is 7.06. The van der Waals surface area contributed by atoms with Crippen molar-refractivity contribution in [1.82, 2.24) is 4.57 Å². The molecule has 1 aliphatic heterocycles. The van der Waals surface area contributed by atoms with Crippen molar-refractivity contribution >= 4 is 74.3 Å². The van der Waals surface area contributed by atoms with Crippen LogP contribution in [0.4, 0.5) is 5.69 Å². The number of nitro groups is 1. The summed E-state index contributed by atoms with van der Waals surface area (Å²) in [5.41, 5.74) is 3.31. The first-order valence-corrected chi connectivity index (χ1v) is 17.7. The average molecular weight is 887 g/mol. The number of carbonyl (C=O) groups is 1. The van der Waals surface area contributed by atoms with Crippen LogP contribution < -0.4 is 19.6 Å². The molecule has 1 atom stereocenters. The van der Waals surface area contributed by atoms with Gasteiger partial charge in [0, 0.05) is 17.7 Å². The predicted molar refractivity (Wildman–Crippen MR) is 199 cm³/mol. The van der Waals surface area contributed by atoms with Gasteiger partial charge in [0.15, 0.2) is 4.80 Å². The molecule has 0 spiro atoms. The van der Waals surface area contributed by atoms with Gasteiger partial charge in [-0.25, -0.2) is 9.79 Å². The zero-order valence-electron chi connectivity index (χ0n) is 25.9. The summed E-state index contributed by atoms with van der Waals surface area (Å²) in [7, 11) is 0. The molecular weight excluding hydrogens is 860 g/mol. The van der Waals surface area contributed by atoms with E-state index in [0.717, 1.165) is 29.6 Å². The normalized spacial score (nSPS) is 14.4. The molecule has 0 bridgehead atoms. The maximum Gasteiger partial charge on any atom is 0.338 e. The second kappa shape index (κ2) is 14.2. The summed E-state index contributed by atoms with van der Waals surface area (Å²) < 4.78 is 21.5. The number of fused-ring (bicyclic) bond motifs is 1. The summed E-state index contributed by atoms with van der Waals surface area (Å²) in [5.74, 6) is 0.813. The highest BCUT2D eigenvalue weighted by Gasteiger charge is 2.35. The van der Waals surface area contributed by atoms with E-state index < -0.39 is 16.9 Å². The number of furan rings is 1. The molecule has 0 amide bonds. The van der Waals surface area contributed by atoms with E-state index in [0.29, 0.717) is 38.7 Å². The van der Waals surface area contributed by atoms with E-state index in [2.05, 4.69) is 50.2 Å². The molecule has 2 aromatic heterocycles. The average Bonchev–Trinajstić information content (AvgIpc) is 3.65. The summed E-state index contributed by atoms with van der Waals surface area (Å²) in [6.45, 7) is 5.79. The first kappa shape index (κ1) is 33.8. The molecule has 6 rings (SSSR count). The number of aromatic nitrogens is 1. The Morgan fingerprint density at radius 1 is 1.08 bits per heavy atom. The monoisotopic (exact) mass is 887 g/mol. The number of rotatable bonds is 9. The van der Waals surface area contributed by atoms with Gasteiger partial charge in [-0.2, -0.15) is 0 Å². The number of hydrogen-bond acceptors (Lipinski definition) is 9. The number of nitro benzene ring substituents is 1. The second-order valence-corrected chi connectivity index (χ2v) is 14.2. The Bertz CT molecular complexity index is 2270. The molecule has 0 unspecified atom stereocenters. The van der Waals surface area contributed by atoms with Crippen molar-refractivity contribution in [3.05, 3.63) is 143 Å². The number of halogens is 2. The Labute approximate surface area is 305 Å². The number of benzene rings is 3. The topological polar surface area (TPSA) is 126 Å². The van der Waals surface area contributed by atoms with E-state index in [1.165, 1.54) is 28.0 Å². The molecule has 3 heterocycles.